The SMILES string of the molecule is COC(=O)/C(C#N)=C/c1c(N2C[C@@H](C)O[C@@H](C)C2)nc2ccccn2c1=O. The van der Waals surface area contributed by atoms with Crippen LogP contribution in [0.2, 0.25) is 0 Å². The summed E-state index contributed by atoms with van der Waals surface area (Å²) in [5.74, 6) is -0.380. The number of esters is 1. The van der Waals surface area contributed by atoms with E-state index in [-0.39, 0.29) is 28.9 Å². The maximum absolute atomic E-state index is 13.1. The van der Waals surface area contributed by atoms with Crippen molar-refractivity contribution < 1.29 is 14.3 Å². The number of anilines is 1. The summed E-state index contributed by atoms with van der Waals surface area (Å²) in [5, 5.41) is 9.30. The van der Waals surface area contributed by atoms with E-state index in [1.54, 1.807) is 30.5 Å². The van der Waals surface area contributed by atoms with Gasteiger partial charge in [-0.1, -0.05) is 6.07 Å². The van der Waals surface area contributed by atoms with Crippen molar-refractivity contribution in [2.75, 3.05) is 25.1 Å². The molecule has 1 aliphatic rings. The quantitative estimate of drug-likeness (QED) is 0.459. The van der Waals surface area contributed by atoms with Gasteiger partial charge in [0.05, 0.1) is 24.9 Å². The molecule has 0 aromatic carbocycles. The molecule has 0 radical (unpaired) electrons. The molecule has 140 valence electrons. The second kappa shape index (κ2) is 7.60. The van der Waals surface area contributed by atoms with E-state index in [1.165, 1.54) is 17.6 Å². The number of hydrogen-bond donors (Lipinski definition) is 0. The van der Waals surface area contributed by atoms with Gasteiger partial charge in [0.1, 0.15) is 23.1 Å². The number of pyridine rings is 1. The molecule has 1 saturated heterocycles. The standard InChI is InChI=1S/C19H20N4O4/c1-12-10-22(11-13(2)27-12)17-15(8-14(9-20)19(25)26-3)18(24)23-7-5-4-6-16(23)21-17/h4-8,12-13H,10-11H2,1-3H3/b14-8+/t12-,13+. The number of aromatic nitrogens is 2. The molecule has 0 unspecified atom stereocenters. The van der Waals surface area contributed by atoms with Gasteiger partial charge in [-0.25, -0.2) is 9.78 Å². The second-order valence-corrected chi connectivity index (χ2v) is 6.41. The van der Waals surface area contributed by atoms with Crippen LogP contribution >= 0.6 is 0 Å². The molecule has 8 nitrogen and oxygen atoms in total. The van der Waals surface area contributed by atoms with Gasteiger partial charge in [0.2, 0.25) is 0 Å². The Kier molecular flexibility index (Phi) is 5.23. The van der Waals surface area contributed by atoms with Crippen LogP contribution in [0.25, 0.3) is 11.7 Å². The Labute approximate surface area is 156 Å². The highest BCUT2D eigenvalue weighted by Crippen LogP contribution is 2.23. The molecule has 0 bridgehead atoms. The van der Waals surface area contributed by atoms with Crippen LogP contribution < -0.4 is 10.5 Å². The van der Waals surface area contributed by atoms with Gasteiger partial charge in [-0.3, -0.25) is 9.20 Å². The molecular weight excluding hydrogens is 348 g/mol. The molecule has 27 heavy (non-hydrogen) atoms. The normalized spacial score (nSPS) is 20.4. The highest BCUT2D eigenvalue weighted by Gasteiger charge is 2.27. The maximum atomic E-state index is 13.1. The molecule has 2 aromatic heterocycles. The number of fused-ring (bicyclic) bond motifs is 1. The van der Waals surface area contributed by atoms with Gasteiger partial charge in [0, 0.05) is 19.3 Å². The predicted octanol–water partition coefficient (Wildman–Crippen LogP) is 1.39. The maximum Gasteiger partial charge on any atom is 0.348 e. The third kappa shape index (κ3) is 3.68. The molecule has 1 aliphatic heterocycles. The fraction of sp³-hybridized carbons (Fsp3) is 0.368. The van der Waals surface area contributed by atoms with Gasteiger partial charge in [-0.15, -0.1) is 0 Å². The first-order valence-corrected chi connectivity index (χ1v) is 8.56. The van der Waals surface area contributed by atoms with Gasteiger partial charge < -0.3 is 14.4 Å². The molecule has 3 heterocycles. The van der Waals surface area contributed by atoms with Gasteiger partial charge in [0.15, 0.2) is 0 Å². The van der Waals surface area contributed by atoms with E-state index in [0.29, 0.717) is 24.6 Å². The zero-order chi connectivity index (χ0) is 19.6. The highest BCUT2D eigenvalue weighted by atomic mass is 16.5. The van der Waals surface area contributed by atoms with Crippen LogP contribution in [0.4, 0.5) is 5.82 Å². The van der Waals surface area contributed by atoms with Gasteiger partial charge in [-0.05, 0) is 32.1 Å². The van der Waals surface area contributed by atoms with E-state index in [2.05, 4.69) is 9.72 Å². The average Bonchev–Trinajstić information content (AvgIpc) is 2.66. The van der Waals surface area contributed by atoms with Crippen LogP contribution in [-0.4, -0.2) is 47.8 Å². The Morgan fingerprint density at radius 3 is 2.70 bits per heavy atom. The number of ether oxygens (including phenoxy) is 2. The zero-order valence-corrected chi connectivity index (χ0v) is 15.4. The summed E-state index contributed by atoms with van der Waals surface area (Å²) >= 11 is 0. The number of carbonyl (C=O) groups is 1. The Balaban J connectivity index is 2.25. The van der Waals surface area contributed by atoms with Crippen molar-refractivity contribution in [3.63, 3.8) is 0 Å². The number of nitriles is 1. The van der Waals surface area contributed by atoms with Crippen LogP contribution in [-0.2, 0) is 14.3 Å². The van der Waals surface area contributed by atoms with Crippen molar-refractivity contribution in [2.45, 2.75) is 26.1 Å². The summed E-state index contributed by atoms with van der Waals surface area (Å²) in [7, 11) is 1.19. The minimum Gasteiger partial charge on any atom is -0.465 e. The Bertz CT molecular complexity index is 995. The molecule has 3 rings (SSSR count). The smallest absolute Gasteiger partial charge is 0.348 e. The Morgan fingerprint density at radius 1 is 1.37 bits per heavy atom. The lowest BCUT2D eigenvalue weighted by molar-refractivity contribution is -0.135. The van der Waals surface area contributed by atoms with Crippen LogP contribution in [0.5, 0.6) is 0 Å². The summed E-state index contributed by atoms with van der Waals surface area (Å²) in [4.78, 5) is 31.5. The molecule has 0 aliphatic carbocycles. The first-order valence-electron chi connectivity index (χ1n) is 8.56. The Morgan fingerprint density at radius 2 is 2.07 bits per heavy atom. The molecular formula is C19H20N4O4. The van der Waals surface area contributed by atoms with Gasteiger partial charge >= 0.3 is 5.97 Å². The minimum absolute atomic E-state index is 0.0438. The number of morpholine rings is 1. The summed E-state index contributed by atoms with van der Waals surface area (Å²) in [6, 6.07) is 7.03. The third-order valence-corrected chi connectivity index (χ3v) is 4.28. The molecule has 8 heteroatoms. The van der Waals surface area contributed by atoms with Crippen molar-refractivity contribution in [3.8, 4) is 6.07 Å². The van der Waals surface area contributed by atoms with Crippen LogP contribution in [0.15, 0.2) is 34.8 Å². The van der Waals surface area contributed by atoms with E-state index in [1.807, 2.05) is 18.7 Å². The van der Waals surface area contributed by atoms with E-state index >= 15 is 0 Å². The van der Waals surface area contributed by atoms with E-state index in [4.69, 9.17) is 4.74 Å². The number of hydrogen-bond acceptors (Lipinski definition) is 7. The highest BCUT2D eigenvalue weighted by molar-refractivity contribution is 5.98. The first-order chi connectivity index (χ1) is 12.9. The van der Waals surface area contributed by atoms with Crippen molar-refractivity contribution >= 4 is 23.5 Å². The molecule has 0 amide bonds. The third-order valence-electron chi connectivity index (χ3n) is 4.28. The van der Waals surface area contributed by atoms with E-state index < -0.39 is 5.97 Å². The average molecular weight is 368 g/mol. The molecule has 2 atom stereocenters. The molecule has 2 aromatic rings. The van der Waals surface area contributed by atoms with Crippen LogP contribution in [0, 0.1) is 11.3 Å². The predicted molar refractivity (Wildman–Crippen MR) is 99.3 cm³/mol. The number of methoxy groups -OCH3 is 1. The van der Waals surface area contributed by atoms with Crippen molar-refractivity contribution in [3.05, 3.63) is 45.9 Å². The fourth-order valence-corrected chi connectivity index (χ4v) is 3.20. The topological polar surface area (TPSA) is 96.9 Å². The number of carbonyl (C=O) groups excluding carboxylic acids is 1. The van der Waals surface area contributed by atoms with Crippen molar-refractivity contribution in [1.29, 1.82) is 5.26 Å². The van der Waals surface area contributed by atoms with Crippen molar-refractivity contribution in [2.24, 2.45) is 0 Å². The largest absolute Gasteiger partial charge is 0.465 e. The molecule has 0 saturated carbocycles. The van der Waals surface area contributed by atoms with Crippen LogP contribution in [0.1, 0.15) is 19.4 Å². The van der Waals surface area contributed by atoms with E-state index in [9.17, 15) is 14.9 Å². The molecule has 0 spiro atoms. The Hall–Kier alpha value is -3.18. The monoisotopic (exact) mass is 368 g/mol. The minimum atomic E-state index is -0.801. The van der Waals surface area contributed by atoms with Gasteiger partial charge in [-0.2, -0.15) is 5.26 Å². The number of nitrogens with zero attached hydrogens (tertiary/aromatic N) is 4. The van der Waals surface area contributed by atoms with Crippen molar-refractivity contribution in [1.82, 2.24) is 9.38 Å². The lowest BCUT2D eigenvalue weighted by Crippen LogP contribution is -2.46. The summed E-state index contributed by atoms with van der Waals surface area (Å²) in [6.07, 6.45) is 2.76. The second-order valence-electron chi connectivity index (χ2n) is 6.41. The van der Waals surface area contributed by atoms with Gasteiger partial charge in [0.25, 0.3) is 5.56 Å². The number of rotatable bonds is 3. The van der Waals surface area contributed by atoms with Crippen LogP contribution in [0.3, 0.4) is 0 Å². The zero-order valence-electron chi connectivity index (χ0n) is 15.4. The fourth-order valence-electron chi connectivity index (χ4n) is 3.20. The summed E-state index contributed by atoms with van der Waals surface area (Å²) in [6.45, 7) is 4.98. The molecule has 1 fully saturated rings. The summed E-state index contributed by atoms with van der Waals surface area (Å²) < 4.78 is 11.8. The van der Waals surface area contributed by atoms with E-state index in [0.717, 1.165) is 0 Å². The summed E-state index contributed by atoms with van der Waals surface area (Å²) in [5.41, 5.74) is 0.0295. The lowest BCUT2D eigenvalue weighted by Gasteiger charge is -2.36. The first kappa shape index (κ1) is 18.6. The molecule has 0 N–H and O–H groups in total. The lowest BCUT2D eigenvalue weighted by atomic mass is 10.1.